The summed E-state index contributed by atoms with van der Waals surface area (Å²) in [6.07, 6.45) is 1.51. The third-order valence-electron chi connectivity index (χ3n) is 3.31. The first-order valence-electron chi connectivity index (χ1n) is 7.61. The predicted molar refractivity (Wildman–Crippen MR) is 102 cm³/mol. The van der Waals surface area contributed by atoms with Crippen LogP contribution in [0.15, 0.2) is 52.0 Å². The predicted octanol–water partition coefficient (Wildman–Crippen LogP) is 2.35. The smallest absolute Gasteiger partial charge is 0.259 e. The Hall–Kier alpha value is -2.87. The van der Waals surface area contributed by atoms with Crippen LogP contribution in [-0.4, -0.2) is 38.8 Å². The van der Waals surface area contributed by atoms with Crippen LogP contribution in [0.1, 0.15) is 15.9 Å². The molecule has 0 aliphatic heterocycles. The van der Waals surface area contributed by atoms with Crippen LogP contribution in [0.2, 0.25) is 0 Å². The number of rotatable bonds is 7. The van der Waals surface area contributed by atoms with Crippen LogP contribution in [0.5, 0.6) is 11.5 Å². The lowest BCUT2D eigenvalue weighted by Crippen LogP contribution is -2.34. The van der Waals surface area contributed by atoms with Crippen molar-refractivity contribution in [3.8, 4) is 11.5 Å². The van der Waals surface area contributed by atoms with Crippen molar-refractivity contribution in [2.75, 3.05) is 20.8 Å². The third kappa shape index (κ3) is 5.59. The maximum absolute atomic E-state index is 12.1. The van der Waals surface area contributed by atoms with E-state index in [1.807, 2.05) is 24.3 Å². The van der Waals surface area contributed by atoms with E-state index in [0.717, 1.165) is 10.0 Å². The van der Waals surface area contributed by atoms with Crippen molar-refractivity contribution in [2.24, 2.45) is 5.10 Å². The summed E-state index contributed by atoms with van der Waals surface area (Å²) < 4.78 is 11.2. The fraction of sp³-hybridized carbons (Fsp3) is 0.167. The Kier molecular flexibility index (Phi) is 7.16. The summed E-state index contributed by atoms with van der Waals surface area (Å²) in [4.78, 5) is 23.9. The zero-order valence-corrected chi connectivity index (χ0v) is 15.9. The Balaban J connectivity index is 1.86. The molecule has 0 bridgehead atoms. The van der Waals surface area contributed by atoms with E-state index in [0.29, 0.717) is 17.1 Å². The number of amides is 2. The van der Waals surface area contributed by atoms with Crippen molar-refractivity contribution < 1.29 is 19.1 Å². The monoisotopic (exact) mass is 419 g/mol. The van der Waals surface area contributed by atoms with Gasteiger partial charge < -0.3 is 14.8 Å². The van der Waals surface area contributed by atoms with Crippen LogP contribution in [-0.2, 0) is 4.79 Å². The molecule has 0 saturated carbocycles. The van der Waals surface area contributed by atoms with E-state index in [1.165, 1.54) is 26.5 Å². The lowest BCUT2D eigenvalue weighted by atomic mass is 10.2. The van der Waals surface area contributed by atoms with Gasteiger partial charge in [-0.05, 0) is 35.9 Å². The number of halogens is 1. The summed E-state index contributed by atoms with van der Waals surface area (Å²) in [6.45, 7) is -0.205. The van der Waals surface area contributed by atoms with Gasteiger partial charge in [0.05, 0.1) is 27.0 Å². The lowest BCUT2D eigenvalue weighted by molar-refractivity contribution is -0.120. The Morgan fingerprint density at radius 1 is 1.12 bits per heavy atom. The number of benzene rings is 2. The minimum atomic E-state index is -0.440. The van der Waals surface area contributed by atoms with Crippen molar-refractivity contribution in [2.45, 2.75) is 0 Å². The first kappa shape index (κ1) is 19.5. The number of nitrogens with one attached hydrogen (secondary N) is 2. The van der Waals surface area contributed by atoms with Gasteiger partial charge in [-0.15, -0.1) is 0 Å². The van der Waals surface area contributed by atoms with Crippen LogP contribution in [0.3, 0.4) is 0 Å². The van der Waals surface area contributed by atoms with Crippen LogP contribution in [0.4, 0.5) is 0 Å². The molecular formula is C18H18BrN3O4. The molecule has 0 radical (unpaired) electrons. The van der Waals surface area contributed by atoms with Gasteiger partial charge >= 0.3 is 0 Å². The van der Waals surface area contributed by atoms with E-state index < -0.39 is 11.8 Å². The number of ether oxygens (including phenoxy) is 2. The summed E-state index contributed by atoms with van der Waals surface area (Å²) in [5.74, 6) is 0.106. The number of hydrogen-bond donors (Lipinski definition) is 2. The average Bonchev–Trinajstić information content (AvgIpc) is 2.65. The minimum Gasteiger partial charge on any atom is -0.493 e. The topological polar surface area (TPSA) is 89.0 Å². The number of nitrogens with zero attached hydrogens (tertiary/aromatic N) is 1. The van der Waals surface area contributed by atoms with Gasteiger partial charge in [-0.3, -0.25) is 9.59 Å². The summed E-state index contributed by atoms with van der Waals surface area (Å²) >= 11 is 3.35. The molecular weight excluding hydrogens is 402 g/mol. The first-order valence-corrected chi connectivity index (χ1v) is 8.40. The molecule has 0 fully saturated rings. The number of carbonyl (C=O) groups is 2. The van der Waals surface area contributed by atoms with Gasteiger partial charge in [-0.2, -0.15) is 5.10 Å². The van der Waals surface area contributed by atoms with Crippen molar-refractivity contribution in [1.82, 2.24) is 10.7 Å². The minimum absolute atomic E-state index is 0.205. The Bertz CT molecular complexity index is 824. The molecule has 2 N–H and O–H groups in total. The molecule has 2 rings (SSSR count). The van der Waals surface area contributed by atoms with Crippen molar-refractivity contribution in [1.29, 1.82) is 0 Å². The highest BCUT2D eigenvalue weighted by Crippen LogP contribution is 2.27. The Morgan fingerprint density at radius 2 is 1.88 bits per heavy atom. The second-order valence-corrected chi connectivity index (χ2v) is 6.02. The molecule has 2 aromatic carbocycles. The first-order chi connectivity index (χ1) is 12.5. The quantitative estimate of drug-likeness (QED) is 0.532. The highest BCUT2D eigenvalue weighted by atomic mass is 79.9. The second-order valence-electron chi connectivity index (χ2n) is 5.10. The third-order valence-corrected chi connectivity index (χ3v) is 3.80. The molecule has 8 heteroatoms. The summed E-state index contributed by atoms with van der Waals surface area (Å²) in [5, 5.41) is 6.37. The highest BCUT2D eigenvalue weighted by Gasteiger charge is 2.11. The number of hydrazone groups is 1. The van der Waals surface area contributed by atoms with Gasteiger partial charge in [0, 0.05) is 10.0 Å². The van der Waals surface area contributed by atoms with E-state index in [1.54, 1.807) is 12.1 Å². The van der Waals surface area contributed by atoms with Crippen LogP contribution < -0.4 is 20.2 Å². The largest absolute Gasteiger partial charge is 0.493 e. The second kappa shape index (κ2) is 9.57. The maximum atomic E-state index is 12.1. The lowest BCUT2D eigenvalue weighted by Gasteiger charge is -2.09. The maximum Gasteiger partial charge on any atom is 0.259 e. The fourth-order valence-electron chi connectivity index (χ4n) is 2.05. The molecule has 0 atom stereocenters. The average molecular weight is 420 g/mol. The normalized spacial score (nSPS) is 10.4. The van der Waals surface area contributed by atoms with Gasteiger partial charge in [-0.25, -0.2) is 5.43 Å². The zero-order valence-electron chi connectivity index (χ0n) is 14.3. The Morgan fingerprint density at radius 3 is 2.58 bits per heavy atom. The SMILES string of the molecule is COc1ccc(C(=O)NCC(=O)N/N=C/c2cccc(Br)c2)cc1OC. The van der Waals surface area contributed by atoms with Crippen molar-refractivity contribution >= 4 is 34.0 Å². The van der Waals surface area contributed by atoms with E-state index in [2.05, 4.69) is 31.8 Å². The van der Waals surface area contributed by atoms with E-state index in [9.17, 15) is 9.59 Å². The number of hydrogen-bond acceptors (Lipinski definition) is 5. The summed E-state index contributed by atoms with van der Waals surface area (Å²) in [6, 6.07) is 12.2. The van der Waals surface area contributed by atoms with Crippen LogP contribution in [0.25, 0.3) is 0 Å². The Labute approximate surface area is 159 Å². The van der Waals surface area contributed by atoms with Crippen LogP contribution in [0, 0.1) is 0 Å². The summed E-state index contributed by atoms with van der Waals surface area (Å²) in [5.41, 5.74) is 3.54. The number of methoxy groups -OCH3 is 2. The van der Waals surface area contributed by atoms with Gasteiger partial charge in [-0.1, -0.05) is 28.1 Å². The molecule has 2 amide bonds. The van der Waals surface area contributed by atoms with Gasteiger partial charge in [0.2, 0.25) is 0 Å². The van der Waals surface area contributed by atoms with E-state index >= 15 is 0 Å². The zero-order chi connectivity index (χ0) is 18.9. The molecule has 26 heavy (non-hydrogen) atoms. The van der Waals surface area contributed by atoms with Crippen LogP contribution >= 0.6 is 15.9 Å². The van der Waals surface area contributed by atoms with Crippen molar-refractivity contribution in [3.63, 3.8) is 0 Å². The molecule has 0 aromatic heterocycles. The molecule has 0 saturated heterocycles. The van der Waals surface area contributed by atoms with E-state index in [-0.39, 0.29) is 6.54 Å². The van der Waals surface area contributed by atoms with E-state index in [4.69, 9.17) is 9.47 Å². The molecule has 0 unspecified atom stereocenters. The molecule has 0 spiro atoms. The molecule has 0 aliphatic carbocycles. The fourth-order valence-corrected chi connectivity index (χ4v) is 2.46. The van der Waals surface area contributed by atoms with Gasteiger partial charge in [0.25, 0.3) is 11.8 Å². The molecule has 7 nitrogen and oxygen atoms in total. The summed E-state index contributed by atoms with van der Waals surface area (Å²) in [7, 11) is 2.99. The molecule has 2 aromatic rings. The molecule has 0 aliphatic rings. The standard InChI is InChI=1S/C18H18BrN3O4/c1-25-15-7-6-13(9-16(15)26-2)18(24)20-11-17(23)22-21-10-12-4-3-5-14(19)8-12/h3-10H,11H2,1-2H3,(H,20,24)(H,22,23)/b21-10+. The highest BCUT2D eigenvalue weighted by molar-refractivity contribution is 9.10. The molecule has 136 valence electrons. The van der Waals surface area contributed by atoms with Gasteiger partial charge in [0.15, 0.2) is 11.5 Å². The van der Waals surface area contributed by atoms with Crippen molar-refractivity contribution in [3.05, 3.63) is 58.1 Å². The van der Waals surface area contributed by atoms with Gasteiger partial charge in [0.1, 0.15) is 0 Å². The molecule has 0 heterocycles. The number of carbonyl (C=O) groups excluding carboxylic acids is 2.